The smallest absolute Gasteiger partial charge is 0.413 e. The van der Waals surface area contributed by atoms with Crippen LogP contribution in [0.25, 0.3) is 0 Å². The van der Waals surface area contributed by atoms with Crippen LogP contribution in [0.3, 0.4) is 0 Å². The fourth-order valence-electron chi connectivity index (χ4n) is 5.39. The Bertz CT molecular complexity index is 1540. The van der Waals surface area contributed by atoms with Gasteiger partial charge in [-0.1, -0.05) is 68.2 Å². The maximum Gasteiger partial charge on any atom is 0.413 e. The van der Waals surface area contributed by atoms with Crippen molar-refractivity contribution in [1.82, 2.24) is 5.32 Å². The highest BCUT2D eigenvalue weighted by Crippen LogP contribution is 2.53. The number of carbonyl (C=O) groups is 1. The molecule has 0 spiro atoms. The highest BCUT2D eigenvalue weighted by atomic mass is 35.5. The van der Waals surface area contributed by atoms with Gasteiger partial charge in [-0.15, -0.1) is 0 Å². The van der Waals surface area contributed by atoms with Crippen LogP contribution in [0.5, 0.6) is 0 Å². The zero-order chi connectivity index (χ0) is 30.1. The van der Waals surface area contributed by atoms with Crippen LogP contribution in [0.1, 0.15) is 44.2 Å². The van der Waals surface area contributed by atoms with Crippen LogP contribution in [-0.4, -0.2) is 28.8 Å². The minimum atomic E-state index is -1.74. The highest BCUT2D eigenvalue weighted by Gasteiger charge is 2.61. The first-order valence-electron chi connectivity index (χ1n) is 12.7. The van der Waals surface area contributed by atoms with Gasteiger partial charge in [-0.3, -0.25) is 14.8 Å². The summed E-state index contributed by atoms with van der Waals surface area (Å²) in [7, 11) is -1.28. The number of carbonyl (C=O) groups excluding carboxylic acids is 1. The predicted molar refractivity (Wildman–Crippen MR) is 157 cm³/mol. The second kappa shape index (κ2) is 12.1. The number of nitriles is 1. The second-order valence-corrected chi connectivity index (χ2v) is 13.4. The molecule has 1 aliphatic heterocycles. The Morgan fingerprint density at radius 3 is 2.49 bits per heavy atom. The van der Waals surface area contributed by atoms with Crippen molar-refractivity contribution in [1.29, 1.82) is 5.26 Å². The first-order chi connectivity index (χ1) is 19.3. The molecule has 0 aliphatic carbocycles. The van der Waals surface area contributed by atoms with Crippen LogP contribution in [0.15, 0.2) is 65.6 Å². The van der Waals surface area contributed by atoms with Crippen molar-refractivity contribution in [3.8, 4) is 6.07 Å². The summed E-state index contributed by atoms with van der Waals surface area (Å²) >= 11 is 12.2. The van der Waals surface area contributed by atoms with Crippen LogP contribution in [0.4, 0.5) is 19.3 Å². The monoisotopic (exact) mass is 619 g/mol. The largest absolute Gasteiger partial charge is 0.429 e. The lowest BCUT2D eigenvalue weighted by molar-refractivity contribution is 0.0851. The minimum absolute atomic E-state index is 0.0137. The van der Waals surface area contributed by atoms with Gasteiger partial charge >= 0.3 is 6.09 Å². The zero-order valence-corrected chi connectivity index (χ0v) is 25.1. The molecule has 216 valence electrons. The first kappa shape index (κ1) is 30.9. The van der Waals surface area contributed by atoms with Gasteiger partial charge in [0.05, 0.1) is 17.0 Å². The van der Waals surface area contributed by atoms with Gasteiger partial charge in [-0.25, -0.2) is 13.6 Å². The topological polar surface area (TPSA) is 91.2 Å². The summed E-state index contributed by atoms with van der Waals surface area (Å²) in [5.74, 6) is -2.77. The number of amides is 1. The summed E-state index contributed by atoms with van der Waals surface area (Å²) in [6.45, 7) is 5.86. The summed E-state index contributed by atoms with van der Waals surface area (Å²) in [4.78, 5) is 13.7. The molecule has 1 unspecified atom stereocenters. The lowest BCUT2D eigenvalue weighted by atomic mass is 9.63. The lowest BCUT2D eigenvalue weighted by Crippen LogP contribution is -2.44. The summed E-state index contributed by atoms with van der Waals surface area (Å²) in [5.41, 5.74) is -1.81. The van der Waals surface area contributed by atoms with Crippen molar-refractivity contribution in [2.24, 2.45) is 5.41 Å². The standard InChI is InChI=1S/C30H29Cl2F2N3O3S/c1-29(2,3)15-24-30(16-35,21-12-11-17(31)13-23(21)33)25(20-9-6-10-22(32)26(20)34)27(37-24)40-28(38)36-18-7-5-8-19(14-18)41(4)39/h5-14,24-25,27,37H,15H2,1-4H3,(H,36,38)/t24-,25-,27+,30-,41?/m0/s1. The average molecular weight is 621 g/mol. The number of benzene rings is 3. The normalized spacial score (nSPS) is 23.0. The molecule has 11 heteroatoms. The van der Waals surface area contributed by atoms with Crippen LogP contribution in [0, 0.1) is 28.4 Å². The van der Waals surface area contributed by atoms with Crippen LogP contribution >= 0.6 is 23.2 Å². The van der Waals surface area contributed by atoms with Gasteiger partial charge in [0.25, 0.3) is 0 Å². The third-order valence-corrected chi connectivity index (χ3v) is 8.49. The van der Waals surface area contributed by atoms with E-state index in [1.54, 1.807) is 24.3 Å². The molecule has 1 fully saturated rings. The number of halogens is 4. The molecule has 0 radical (unpaired) electrons. The Hall–Kier alpha value is -3.03. The summed E-state index contributed by atoms with van der Waals surface area (Å²) in [6.07, 6.45) is -0.327. The van der Waals surface area contributed by atoms with Gasteiger partial charge < -0.3 is 4.74 Å². The Morgan fingerprint density at radius 2 is 1.85 bits per heavy atom. The number of nitrogens with one attached hydrogen (secondary N) is 2. The Balaban J connectivity index is 1.86. The van der Waals surface area contributed by atoms with E-state index in [9.17, 15) is 14.3 Å². The van der Waals surface area contributed by atoms with Crippen LogP contribution in [-0.2, 0) is 21.0 Å². The number of anilines is 1. The molecular weight excluding hydrogens is 591 g/mol. The summed E-state index contributed by atoms with van der Waals surface area (Å²) in [5, 5.41) is 16.6. The first-order valence-corrected chi connectivity index (χ1v) is 15.1. The van der Waals surface area contributed by atoms with E-state index in [0.29, 0.717) is 17.0 Å². The van der Waals surface area contributed by atoms with Gasteiger partial charge in [-0.2, -0.15) is 5.26 Å². The molecule has 3 aromatic rings. The third kappa shape index (κ3) is 6.41. The van der Waals surface area contributed by atoms with E-state index >= 15 is 8.78 Å². The van der Waals surface area contributed by atoms with Crippen LogP contribution < -0.4 is 10.6 Å². The molecule has 1 amide bonds. The maximum atomic E-state index is 15.7. The van der Waals surface area contributed by atoms with Crippen molar-refractivity contribution in [2.75, 3.05) is 11.6 Å². The molecule has 1 saturated heterocycles. The molecule has 3 aromatic carbocycles. The Morgan fingerprint density at radius 1 is 1.15 bits per heavy atom. The number of nitrogens with zero attached hydrogens (tertiary/aromatic N) is 1. The van der Waals surface area contributed by atoms with E-state index in [1.165, 1.54) is 36.6 Å². The number of hydrogen-bond acceptors (Lipinski definition) is 5. The van der Waals surface area contributed by atoms with Gasteiger partial charge in [0.15, 0.2) is 6.23 Å². The highest BCUT2D eigenvalue weighted by molar-refractivity contribution is 7.84. The van der Waals surface area contributed by atoms with E-state index in [0.717, 1.165) is 6.07 Å². The molecule has 1 heterocycles. The molecule has 0 aromatic heterocycles. The Kier molecular flexibility index (Phi) is 9.10. The number of rotatable bonds is 6. The van der Waals surface area contributed by atoms with Crippen LogP contribution in [0.2, 0.25) is 10.0 Å². The summed E-state index contributed by atoms with van der Waals surface area (Å²) in [6, 6.07) is 16.2. The fourth-order valence-corrected chi connectivity index (χ4v) is 6.29. The quantitative estimate of drug-likeness (QED) is 0.297. The molecule has 4 rings (SSSR count). The fraction of sp³-hybridized carbons (Fsp3) is 0.333. The van der Waals surface area contributed by atoms with Crippen molar-refractivity contribution in [3.05, 3.63) is 93.5 Å². The van der Waals surface area contributed by atoms with E-state index in [4.69, 9.17) is 27.9 Å². The number of ether oxygens (including phenoxy) is 1. The van der Waals surface area contributed by atoms with Gasteiger partial charge in [0.1, 0.15) is 17.0 Å². The molecule has 6 nitrogen and oxygen atoms in total. The lowest BCUT2D eigenvalue weighted by Gasteiger charge is -2.37. The van der Waals surface area contributed by atoms with Crippen molar-refractivity contribution in [2.45, 2.75) is 55.7 Å². The average Bonchev–Trinajstić information content (AvgIpc) is 3.17. The van der Waals surface area contributed by atoms with Crippen molar-refractivity contribution < 1.29 is 22.5 Å². The Labute approximate surface area is 250 Å². The van der Waals surface area contributed by atoms with Crippen molar-refractivity contribution >= 4 is 45.8 Å². The second-order valence-electron chi connectivity index (χ2n) is 11.1. The predicted octanol–water partition coefficient (Wildman–Crippen LogP) is 7.54. The SMILES string of the molecule is CS(=O)c1cccc(NC(=O)O[C@H]2N[C@@H](CC(C)(C)C)[C@](C#N)(c3ccc(Cl)cc3F)[C@H]2c2cccc(Cl)c2F)c1. The minimum Gasteiger partial charge on any atom is -0.429 e. The maximum absolute atomic E-state index is 15.7. The zero-order valence-electron chi connectivity index (χ0n) is 22.8. The molecule has 5 atom stereocenters. The molecule has 1 aliphatic rings. The number of hydrogen-bond donors (Lipinski definition) is 2. The van der Waals surface area contributed by atoms with E-state index in [1.807, 2.05) is 20.8 Å². The summed E-state index contributed by atoms with van der Waals surface area (Å²) < 4.78 is 49.1. The van der Waals surface area contributed by atoms with E-state index in [-0.39, 0.29) is 26.6 Å². The van der Waals surface area contributed by atoms with E-state index < -0.39 is 52.1 Å². The molecular formula is C30H29Cl2F2N3O3S. The molecule has 2 N–H and O–H groups in total. The van der Waals surface area contributed by atoms with Gasteiger partial charge in [0, 0.05) is 44.3 Å². The van der Waals surface area contributed by atoms with Gasteiger partial charge in [-0.05, 0) is 53.8 Å². The van der Waals surface area contributed by atoms with Gasteiger partial charge in [0.2, 0.25) is 0 Å². The molecule has 0 saturated carbocycles. The van der Waals surface area contributed by atoms with E-state index in [2.05, 4.69) is 16.7 Å². The van der Waals surface area contributed by atoms with Crippen molar-refractivity contribution in [3.63, 3.8) is 0 Å². The third-order valence-electron chi connectivity index (χ3n) is 7.05. The molecule has 41 heavy (non-hydrogen) atoms. The molecule has 0 bridgehead atoms.